The number of hydrogen-bond acceptors (Lipinski definition) is 6. The van der Waals surface area contributed by atoms with Crippen molar-refractivity contribution >= 4 is 27.3 Å². The Labute approximate surface area is 162 Å². The molecule has 1 N–H and O–H groups in total. The van der Waals surface area contributed by atoms with E-state index in [1.165, 1.54) is 40.7 Å². The molecule has 10 heteroatoms. The van der Waals surface area contributed by atoms with Gasteiger partial charge in [-0.25, -0.2) is 8.42 Å². The maximum Gasteiger partial charge on any atom is 0.269 e. The molecule has 2 aromatic carbocycles. The number of amides is 1. The molecule has 0 saturated carbocycles. The summed E-state index contributed by atoms with van der Waals surface area (Å²) in [6.45, 7) is 2.87. The van der Waals surface area contributed by atoms with Crippen LogP contribution in [-0.4, -0.2) is 49.9 Å². The van der Waals surface area contributed by atoms with Crippen molar-refractivity contribution in [3.63, 3.8) is 0 Å². The number of ether oxygens (including phenoxy) is 1. The van der Waals surface area contributed by atoms with Crippen molar-refractivity contribution in [1.29, 1.82) is 0 Å². The summed E-state index contributed by atoms with van der Waals surface area (Å²) in [6.07, 6.45) is 0. The van der Waals surface area contributed by atoms with Gasteiger partial charge in [0.15, 0.2) is 0 Å². The molecule has 0 aliphatic carbocycles. The van der Waals surface area contributed by atoms with Crippen LogP contribution in [0.1, 0.15) is 15.9 Å². The van der Waals surface area contributed by atoms with Gasteiger partial charge in [0, 0.05) is 36.5 Å². The second-order valence-corrected chi connectivity index (χ2v) is 8.16. The molecular formula is C18H19N3O6S. The summed E-state index contributed by atoms with van der Waals surface area (Å²) in [4.78, 5) is 22.8. The van der Waals surface area contributed by atoms with Gasteiger partial charge in [0.25, 0.3) is 11.6 Å². The van der Waals surface area contributed by atoms with Crippen LogP contribution in [-0.2, 0) is 14.8 Å². The molecule has 1 amide bonds. The number of sulfonamides is 1. The van der Waals surface area contributed by atoms with E-state index in [4.69, 9.17) is 4.74 Å². The van der Waals surface area contributed by atoms with Crippen LogP contribution in [0.2, 0.25) is 0 Å². The van der Waals surface area contributed by atoms with Crippen molar-refractivity contribution in [3.05, 3.63) is 63.7 Å². The first-order valence-electron chi connectivity index (χ1n) is 8.53. The summed E-state index contributed by atoms with van der Waals surface area (Å²) in [6, 6.07) is 9.84. The van der Waals surface area contributed by atoms with E-state index < -0.39 is 20.9 Å². The Balaban J connectivity index is 1.83. The fraction of sp³-hybridized carbons (Fsp3) is 0.278. The smallest absolute Gasteiger partial charge is 0.269 e. The van der Waals surface area contributed by atoms with Gasteiger partial charge in [-0.1, -0.05) is 6.07 Å². The largest absolute Gasteiger partial charge is 0.379 e. The number of aryl methyl sites for hydroxylation is 1. The Morgan fingerprint density at radius 3 is 2.39 bits per heavy atom. The van der Waals surface area contributed by atoms with Gasteiger partial charge in [-0.3, -0.25) is 14.9 Å². The Morgan fingerprint density at radius 1 is 1.14 bits per heavy atom. The van der Waals surface area contributed by atoms with Crippen LogP contribution in [0.4, 0.5) is 11.4 Å². The Morgan fingerprint density at radius 2 is 1.79 bits per heavy atom. The molecule has 28 heavy (non-hydrogen) atoms. The van der Waals surface area contributed by atoms with Gasteiger partial charge < -0.3 is 10.1 Å². The highest BCUT2D eigenvalue weighted by molar-refractivity contribution is 7.89. The number of morpholine rings is 1. The van der Waals surface area contributed by atoms with Crippen molar-refractivity contribution in [2.24, 2.45) is 0 Å². The van der Waals surface area contributed by atoms with Gasteiger partial charge in [-0.15, -0.1) is 0 Å². The molecular weight excluding hydrogens is 386 g/mol. The summed E-state index contributed by atoms with van der Waals surface area (Å²) in [5.41, 5.74) is 0.996. The fourth-order valence-electron chi connectivity index (χ4n) is 2.82. The third-order valence-corrected chi connectivity index (χ3v) is 6.41. The molecule has 148 valence electrons. The van der Waals surface area contributed by atoms with Gasteiger partial charge in [0.1, 0.15) is 0 Å². The van der Waals surface area contributed by atoms with Crippen molar-refractivity contribution in [2.75, 3.05) is 31.6 Å². The molecule has 0 atom stereocenters. The van der Waals surface area contributed by atoms with Crippen LogP contribution in [0.5, 0.6) is 0 Å². The lowest BCUT2D eigenvalue weighted by Gasteiger charge is -2.26. The average molecular weight is 405 g/mol. The van der Waals surface area contributed by atoms with Crippen LogP contribution in [0, 0.1) is 17.0 Å². The van der Waals surface area contributed by atoms with Crippen LogP contribution in [0.25, 0.3) is 0 Å². The van der Waals surface area contributed by atoms with Crippen LogP contribution >= 0.6 is 0 Å². The minimum absolute atomic E-state index is 0.0748. The highest BCUT2D eigenvalue weighted by Crippen LogP contribution is 2.23. The normalized spacial score (nSPS) is 15.2. The minimum atomic E-state index is -3.74. The summed E-state index contributed by atoms with van der Waals surface area (Å²) in [5, 5.41) is 13.3. The van der Waals surface area contributed by atoms with Gasteiger partial charge >= 0.3 is 0 Å². The minimum Gasteiger partial charge on any atom is -0.379 e. The number of nitrogens with one attached hydrogen (secondary N) is 1. The Kier molecular flexibility index (Phi) is 5.73. The molecule has 0 radical (unpaired) electrons. The molecule has 0 aromatic heterocycles. The molecule has 3 rings (SSSR count). The van der Waals surface area contributed by atoms with Crippen molar-refractivity contribution < 1.29 is 22.9 Å². The van der Waals surface area contributed by atoms with Crippen LogP contribution in [0.3, 0.4) is 0 Å². The topological polar surface area (TPSA) is 119 Å². The highest BCUT2D eigenvalue weighted by atomic mass is 32.2. The summed E-state index contributed by atoms with van der Waals surface area (Å²) < 4.78 is 32.4. The van der Waals surface area contributed by atoms with E-state index in [0.29, 0.717) is 24.5 Å². The summed E-state index contributed by atoms with van der Waals surface area (Å²) >= 11 is 0. The summed E-state index contributed by atoms with van der Waals surface area (Å²) in [5.74, 6) is -0.507. The van der Waals surface area contributed by atoms with Crippen molar-refractivity contribution in [2.45, 2.75) is 11.8 Å². The average Bonchev–Trinajstić information content (AvgIpc) is 2.69. The lowest BCUT2D eigenvalue weighted by atomic mass is 10.1. The molecule has 0 unspecified atom stereocenters. The number of rotatable bonds is 5. The SMILES string of the molecule is Cc1ccc(C(=O)Nc2ccc([N+](=O)[O-])cc2)cc1S(=O)(=O)N1CCOCC1. The molecule has 1 saturated heterocycles. The number of nitro groups is 1. The Bertz CT molecular complexity index is 998. The highest BCUT2D eigenvalue weighted by Gasteiger charge is 2.28. The summed E-state index contributed by atoms with van der Waals surface area (Å²) in [7, 11) is -3.74. The van der Waals surface area contributed by atoms with Gasteiger partial charge in [0.05, 0.1) is 23.0 Å². The standard InChI is InChI=1S/C18H19N3O6S/c1-13-2-3-14(12-17(13)28(25,26)20-8-10-27-11-9-20)18(22)19-15-4-6-16(7-5-15)21(23)24/h2-7,12H,8-11H2,1H3,(H,19,22). The molecule has 0 bridgehead atoms. The second kappa shape index (κ2) is 8.05. The van der Waals surface area contributed by atoms with Crippen LogP contribution in [0.15, 0.2) is 47.4 Å². The monoisotopic (exact) mass is 405 g/mol. The molecule has 1 fully saturated rings. The van der Waals surface area contributed by atoms with E-state index in [9.17, 15) is 23.3 Å². The molecule has 9 nitrogen and oxygen atoms in total. The zero-order valence-electron chi connectivity index (χ0n) is 15.1. The number of nitro benzene ring substituents is 1. The predicted octanol–water partition coefficient (Wildman–Crippen LogP) is 2.18. The van der Waals surface area contributed by atoms with Crippen molar-refractivity contribution in [1.82, 2.24) is 4.31 Å². The van der Waals surface area contributed by atoms with Crippen molar-refractivity contribution in [3.8, 4) is 0 Å². The number of carbonyl (C=O) groups is 1. The molecule has 1 aliphatic heterocycles. The molecule has 2 aromatic rings. The number of benzene rings is 2. The van der Waals surface area contributed by atoms with Gasteiger partial charge in [0.2, 0.25) is 10.0 Å². The van der Waals surface area contributed by atoms with Gasteiger partial charge in [-0.2, -0.15) is 4.31 Å². The maximum atomic E-state index is 12.9. The first-order valence-corrected chi connectivity index (χ1v) is 9.97. The number of carbonyl (C=O) groups excluding carboxylic acids is 1. The van der Waals surface area contributed by atoms with E-state index >= 15 is 0 Å². The first kappa shape index (κ1) is 19.9. The number of nitrogens with zero attached hydrogens (tertiary/aromatic N) is 2. The number of hydrogen-bond donors (Lipinski definition) is 1. The van der Waals surface area contributed by atoms with E-state index in [-0.39, 0.29) is 29.2 Å². The fourth-order valence-corrected chi connectivity index (χ4v) is 4.47. The number of anilines is 1. The lowest BCUT2D eigenvalue weighted by Crippen LogP contribution is -2.40. The quantitative estimate of drug-likeness (QED) is 0.601. The second-order valence-electron chi connectivity index (χ2n) is 6.25. The van der Waals surface area contributed by atoms with E-state index in [1.807, 2.05) is 0 Å². The predicted molar refractivity (Wildman–Crippen MR) is 102 cm³/mol. The number of non-ortho nitro benzene ring substituents is 1. The van der Waals surface area contributed by atoms with Gasteiger partial charge in [-0.05, 0) is 36.8 Å². The zero-order chi connectivity index (χ0) is 20.3. The van der Waals surface area contributed by atoms with E-state index in [0.717, 1.165) is 0 Å². The van der Waals surface area contributed by atoms with E-state index in [1.54, 1.807) is 13.0 Å². The first-order chi connectivity index (χ1) is 13.3. The lowest BCUT2D eigenvalue weighted by molar-refractivity contribution is -0.384. The Hall–Kier alpha value is -2.82. The third kappa shape index (κ3) is 4.19. The van der Waals surface area contributed by atoms with E-state index in [2.05, 4.69) is 5.32 Å². The van der Waals surface area contributed by atoms with Crippen LogP contribution < -0.4 is 5.32 Å². The molecule has 1 aliphatic rings. The third-order valence-electron chi connectivity index (χ3n) is 4.37. The molecule has 1 heterocycles. The zero-order valence-corrected chi connectivity index (χ0v) is 15.9. The maximum absolute atomic E-state index is 12.9. The molecule has 0 spiro atoms.